The SMILES string of the molecule is C=CCn1c(=Cc2sc(-c3ccccc3)c(-c3ccccc3)[n+]2CCCCS(=O)(=O)[O-])sc(=CC=C2C=CN(CC)c3ccccc32)c1=O. The first-order valence-electron chi connectivity index (χ1n) is 16.2. The molecule has 6 rings (SSSR count). The lowest BCUT2D eigenvalue weighted by atomic mass is 9.99. The molecule has 7 nitrogen and oxygen atoms in total. The van der Waals surface area contributed by atoms with Crippen LogP contribution in [0.1, 0.15) is 30.3 Å². The average molecular weight is 708 g/mol. The van der Waals surface area contributed by atoms with Crippen LogP contribution in [0.2, 0.25) is 0 Å². The molecule has 2 aromatic heterocycles. The zero-order valence-electron chi connectivity index (χ0n) is 27.2. The van der Waals surface area contributed by atoms with Crippen LogP contribution in [0.5, 0.6) is 0 Å². The van der Waals surface area contributed by atoms with Crippen molar-refractivity contribution in [3.8, 4) is 21.7 Å². The van der Waals surface area contributed by atoms with Crippen molar-refractivity contribution in [1.29, 1.82) is 0 Å². The molecule has 3 aromatic carbocycles. The number of hydrogen-bond acceptors (Lipinski definition) is 7. The zero-order chi connectivity index (χ0) is 34.4. The standard InChI is InChI=1S/C39H37N3O4S3/c1-3-24-42-36(47-34(39(42)43)22-21-29-23-26-40(4-2)33-20-12-11-19-32(29)33)28-35-41(25-13-14-27-49(44,45)46)37(30-15-7-5-8-16-30)38(48-35)31-17-9-6-10-18-31/h3,5-12,15-23,26,28H,1,4,13-14,24-25,27H2,2H3. The highest BCUT2D eigenvalue weighted by atomic mass is 32.2. The van der Waals surface area contributed by atoms with E-state index in [1.54, 1.807) is 22.0 Å². The van der Waals surface area contributed by atoms with E-state index in [0.717, 1.165) is 54.7 Å². The average Bonchev–Trinajstić information content (AvgIpc) is 3.62. The number of anilines is 1. The maximum atomic E-state index is 13.8. The molecule has 5 aromatic rings. The van der Waals surface area contributed by atoms with Crippen LogP contribution in [0.25, 0.3) is 39.4 Å². The Morgan fingerprint density at radius 1 is 0.898 bits per heavy atom. The number of aromatic nitrogens is 2. The number of unbranched alkanes of at least 4 members (excludes halogenated alkanes) is 1. The summed E-state index contributed by atoms with van der Waals surface area (Å²) < 4.78 is 39.5. The van der Waals surface area contributed by atoms with Gasteiger partial charge in [-0.1, -0.05) is 90.2 Å². The largest absolute Gasteiger partial charge is 0.748 e. The minimum absolute atomic E-state index is 0.0911. The van der Waals surface area contributed by atoms with Crippen LogP contribution in [0.15, 0.2) is 121 Å². The summed E-state index contributed by atoms with van der Waals surface area (Å²) in [5.41, 5.74) is 6.27. The van der Waals surface area contributed by atoms with Gasteiger partial charge in [0, 0.05) is 48.3 Å². The third-order valence-corrected chi connectivity index (χ3v) is 11.3. The molecule has 0 unspecified atom stereocenters. The summed E-state index contributed by atoms with van der Waals surface area (Å²) in [4.78, 5) is 17.1. The van der Waals surface area contributed by atoms with Gasteiger partial charge >= 0.3 is 0 Å². The minimum atomic E-state index is -4.31. The first-order valence-corrected chi connectivity index (χ1v) is 19.4. The Kier molecular flexibility index (Phi) is 10.7. The molecule has 0 atom stereocenters. The molecule has 0 amide bonds. The van der Waals surface area contributed by atoms with Gasteiger partial charge in [-0.3, -0.25) is 9.36 Å². The van der Waals surface area contributed by atoms with Crippen molar-refractivity contribution in [1.82, 2.24) is 4.57 Å². The van der Waals surface area contributed by atoms with Crippen molar-refractivity contribution in [2.24, 2.45) is 0 Å². The molecular weight excluding hydrogens is 671 g/mol. The molecule has 0 spiro atoms. The Bertz CT molecular complexity index is 2320. The Morgan fingerprint density at radius 3 is 2.29 bits per heavy atom. The molecule has 3 heterocycles. The number of allylic oxidation sites excluding steroid dienone is 4. The smallest absolute Gasteiger partial charge is 0.269 e. The second kappa shape index (κ2) is 15.3. The van der Waals surface area contributed by atoms with Crippen LogP contribution in [0, 0.1) is 0 Å². The van der Waals surface area contributed by atoms with Crippen LogP contribution < -0.4 is 24.2 Å². The first-order chi connectivity index (χ1) is 23.8. The van der Waals surface area contributed by atoms with Crippen LogP contribution in [-0.2, 0) is 23.2 Å². The van der Waals surface area contributed by atoms with Gasteiger partial charge in [-0.25, -0.2) is 8.42 Å². The van der Waals surface area contributed by atoms with Crippen molar-refractivity contribution >= 4 is 56.2 Å². The van der Waals surface area contributed by atoms with Crippen molar-refractivity contribution in [3.63, 3.8) is 0 Å². The molecule has 0 N–H and O–H groups in total. The molecule has 0 radical (unpaired) electrons. The second-order valence-corrected chi connectivity index (χ2v) is 15.1. The molecule has 0 saturated carbocycles. The lowest BCUT2D eigenvalue weighted by molar-refractivity contribution is -0.683. The lowest BCUT2D eigenvalue weighted by Gasteiger charge is -2.26. The summed E-state index contributed by atoms with van der Waals surface area (Å²) in [5.74, 6) is -0.405. The number of rotatable bonds is 12. The van der Waals surface area contributed by atoms with Gasteiger partial charge in [-0.2, -0.15) is 4.57 Å². The lowest BCUT2D eigenvalue weighted by Crippen LogP contribution is -2.38. The zero-order valence-corrected chi connectivity index (χ0v) is 29.6. The van der Waals surface area contributed by atoms with Crippen LogP contribution in [0.4, 0.5) is 5.69 Å². The maximum Gasteiger partial charge on any atom is 0.269 e. The van der Waals surface area contributed by atoms with Gasteiger partial charge in [0.25, 0.3) is 10.6 Å². The van der Waals surface area contributed by atoms with Gasteiger partial charge in [0.2, 0.25) is 5.69 Å². The third kappa shape index (κ3) is 7.84. The van der Waals surface area contributed by atoms with E-state index in [9.17, 15) is 17.8 Å². The van der Waals surface area contributed by atoms with Crippen LogP contribution in [-0.4, -0.2) is 29.8 Å². The Balaban J connectivity index is 1.52. The fraction of sp³-hybridized carbons (Fsp3) is 0.179. The molecule has 250 valence electrons. The van der Waals surface area contributed by atoms with E-state index in [1.165, 1.54) is 11.3 Å². The van der Waals surface area contributed by atoms with Gasteiger partial charge in [0.1, 0.15) is 9.54 Å². The van der Waals surface area contributed by atoms with E-state index in [-0.39, 0.29) is 12.0 Å². The van der Waals surface area contributed by atoms with E-state index in [4.69, 9.17) is 0 Å². The molecule has 0 aliphatic carbocycles. The summed E-state index contributed by atoms with van der Waals surface area (Å²) in [7, 11) is -4.31. The molecule has 10 heteroatoms. The van der Waals surface area contributed by atoms with Crippen LogP contribution in [0.3, 0.4) is 0 Å². The number of benzene rings is 3. The number of fused-ring (bicyclic) bond motifs is 1. The molecular formula is C39H37N3O4S3. The molecule has 0 saturated heterocycles. The highest BCUT2D eigenvalue weighted by molar-refractivity contribution is 7.85. The summed E-state index contributed by atoms with van der Waals surface area (Å²) >= 11 is 3.05. The van der Waals surface area contributed by atoms with Crippen molar-refractivity contribution in [2.75, 3.05) is 17.2 Å². The summed E-state index contributed by atoms with van der Waals surface area (Å²) in [6.45, 7) is 7.74. The second-order valence-electron chi connectivity index (χ2n) is 11.5. The van der Waals surface area contributed by atoms with Gasteiger partial charge in [-0.05, 0) is 54.8 Å². The monoisotopic (exact) mass is 707 g/mol. The van der Waals surface area contributed by atoms with Crippen LogP contribution >= 0.6 is 22.7 Å². The topological polar surface area (TPSA) is 86.3 Å². The minimum Gasteiger partial charge on any atom is -0.748 e. The quantitative estimate of drug-likeness (QED) is 0.0673. The van der Waals surface area contributed by atoms with Crippen molar-refractivity contribution < 1.29 is 17.5 Å². The predicted octanol–water partition coefficient (Wildman–Crippen LogP) is 6.15. The number of hydrogen-bond donors (Lipinski definition) is 0. The van der Waals surface area contributed by atoms with E-state index in [0.29, 0.717) is 24.0 Å². The van der Waals surface area contributed by atoms with Gasteiger partial charge in [-0.15, -0.1) is 17.9 Å². The molecule has 49 heavy (non-hydrogen) atoms. The van der Waals surface area contributed by atoms with Gasteiger partial charge in [0.05, 0.1) is 20.7 Å². The normalized spacial score (nSPS) is 14.5. The fourth-order valence-corrected chi connectivity index (χ4v) is 8.83. The summed E-state index contributed by atoms with van der Waals surface area (Å²) in [6, 6.07) is 28.5. The van der Waals surface area contributed by atoms with E-state index in [1.807, 2.05) is 66.8 Å². The number of para-hydroxylation sites is 1. The summed E-state index contributed by atoms with van der Waals surface area (Å²) in [6.07, 6.45) is 12.6. The Hall–Kier alpha value is -4.61. The van der Waals surface area contributed by atoms with Crippen molar-refractivity contribution in [3.05, 3.63) is 146 Å². The van der Waals surface area contributed by atoms with Gasteiger partial charge in [0.15, 0.2) is 6.54 Å². The highest BCUT2D eigenvalue weighted by Crippen LogP contribution is 2.36. The number of nitrogens with zero attached hydrogens (tertiary/aromatic N) is 3. The molecule has 1 aliphatic rings. The molecule has 0 bridgehead atoms. The van der Waals surface area contributed by atoms with E-state index in [2.05, 4.69) is 71.6 Å². The maximum absolute atomic E-state index is 13.8. The van der Waals surface area contributed by atoms with Crippen molar-refractivity contribution in [2.45, 2.75) is 32.9 Å². The highest BCUT2D eigenvalue weighted by Gasteiger charge is 2.28. The Labute approximate surface area is 294 Å². The number of thiazole rings is 2. The fourth-order valence-electron chi connectivity index (χ4n) is 5.95. The summed E-state index contributed by atoms with van der Waals surface area (Å²) in [5, 5.41) is 0.912. The first kappa shape index (κ1) is 34.3. The molecule has 0 fully saturated rings. The van der Waals surface area contributed by atoms with E-state index >= 15 is 0 Å². The van der Waals surface area contributed by atoms with Gasteiger partial charge < -0.3 is 9.45 Å². The Morgan fingerprint density at radius 2 is 1.59 bits per heavy atom. The molecule has 1 aliphatic heterocycles. The predicted molar refractivity (Wildman–Crippen MR) is 202 cm³/mol. The van der Waals surface area contributed by atoms with E-state index < -0.39 is 15.9 Å². The third-order valence-electron chi connectivity index (χ3n) is 8.28.